The van der Waals surface area contributed by atoms with Gasteiger partial charge < -0.3 is 9.47 Å². The Hall–Kier alpha value is -5.18. The first-order valence-electron chi connectivity index (χ1n) is 14.3. The van der Waals surface area contributed by atoms with Crippen LogP contribution in [0.25, 0.3) is 16.8 Å². The Labute approximate surface area is 274 Å². The van der Waals surface area contributed by atoms with E-state index in [-0.39, 0.29) is 28.1 Å². The number of aromatic nitrogens is 1. The van der Waals surface area contributed by atoms with Crippen molar-refractivity contribution < 1.29 is 27.4 Å². The molecule has 47 heavy (non-hydrogen) atoms. The van der Waals surface area contributed by atoms with Crippen molar-refractivity contribution in [3.63, 3.8) is 0 Å². The summed E-state index contributed by atoms with van der Waals surface area (Å²) in [5.74, 6) is -0.804. The van der Waals surface area contributed by atoms with Crippen LogP contribution >= 0.6 is 22.9 Å². The van der Waals surface area contributed by atoms with Crippen LogP contribution < -0.4 is 19.6 Å². The highest BCUT2D eigenvalue weighted by Gasteiger charge is 2.45. The first-order chi connectivity index (χ1) is 22.6. The molecule has 0 saturated carbocycles. The van der Waals surface area contributed by atoms with E-state index in [1.165, 1.54) is 31.2 Å². The number of alkyl halides is 3. The average Bonchev–Trinajstić information content (AvgIpc) is 3.38. The molecule has 0 bridgehead atoms. The zero-order valence-corrected chi connectivity index (χ0v) is 26.1. The van der Waals surface area contributed by atoms with Gasteiger partial charge in [-0.05, 0) is 65.2 Å². The number of carbonyl (C=O) groups is 1. The Morgan fingerprint density at radius 2 is 1.79 bits per heavy atom. The number of hydrogen-bond acceptors (Lipinski definition) is 7. The van der Waals surface area contributed by atoms with Gasteiger partial charge in [0.2, 0.25) is 0 Å². The molecule has 12 heteroatoms. The predicted octanol–water partition coefficient (Wildman–Crippen LogP) is 6.60. The minimum atomic E-state index is -5.02. The number of fused-ring (bicyclic) bond motifs is 2. The van der Waals surface area contributed by atoms with Crippen LogP contribution in [0, 0.1) is 11.3 Å². The number of hydrogen-bond donors (Lipinski definition) is 0. The largest absolute Gasteiger partial charge is 0.488 e. The smallest absolute Gasteiger partial charge is 0.434 e. The van der Waals surface area contributed by atoms with Crippen molar-refractivity contribution in [3.8, 4) is 11.8 Å². The number of allylic oxidation sites excluding steroid dienone is 1. The van der Waals surface area contributed by atoms with Gasteiger partial charge in [0.25, 0.3) is 5.56 Å². The maximum atomic E-state index is 14.5. The van der Waals surface area contributed by atoms with Crippen LogP contribution in [0.15, 0.2) is 106 Å². The molecule has 0 N–H and O–H groups in total. The normalized spacial score (nSPS) is 14.8. The fourth-order valence-corrected chi connectivity index (χ4v) is 6.43. The van der Waals surface area contributed by atoms with Crippen molar-refractivity contribution >= 4 is 45.8 Å². The predicted molar refractivity (Wildman–Crippen MR) is 172 cm³/mol. The number of nitriles is 1. The summed E-state index contributed by atoms with van der Waals surface area (Å²) < 4.78 is 55.8. The summed E-state index contributed by atoms with van der Waals surface area (Å²) in [7, 11) is 0. The van der Waals surface area contributed by atoms with Gasteiger partial charge in [0, 0.05) is 10.6 Å². The second-order valence-electron chi connectivity index (χ2n) is 10.4. The van der Waals surface area contributed by atoms with Gasteiger partial charge in [-0.3, -0.25) is 9.36 Å². The fraction of sp³-hybridized carbons (Fsp3) is 0.143. The maximum Gasteiger partial charge on any atom is 0.434 e. The molecule has 0 aliphatic carbocycles. The number of benzene rings is 4. The van der Waals surface area contributed by atoms with E-state index in [1.807, 2.05) is 30.3 Å². The third-order valence-electron chi connectivity index (χ3n) is 7.46. The molecule has 1 aromatic heterocycles. The lowest BCUT2D eigenvalue weighted by Crippen LogP contribution is -2.41. The number of ether oxygens (including phenoxy) is 2. The minimum Gasteiger partial charge on any atom is -0.488 e. The monoisotopic (exact) mass is 673 g/mol. The van der Waals surface area contributed by atoms with Crippen LogP contribution in [0.5, 0.6) is 5.75 Å². The highest BCUT2D eigenvalue weighted by molar-refractivity contribution is 7.07. The van der Waals surface area contributed by atoms with E-state index in [0.717, 1.165) is 32.2 Å². The van der Waals surface area contributed by atoms with E-state index in [2.05, 4.69) is 11.1 Å². The van der Waals surface area contributed by atoms with E-state index in [0.29, 0.717) is 21.9 Å². The van der Waals surface area contributed by atoms with E-state index >= 15 is 0 Å². The standard InChI is InChI=1S/C35H23ClF3N3O4S/c1-2-45-33(44)29-30(23-11-14-24(36)15-12-23)42-32(43)28(47-34(42)41-31(29)35(37,38)39)17-26-25-6-4-3-5-22(25)13-16-27(26)46-19-21-9-7-20(18-40)8-10-21/h3-17,30H,2,19H2,1H3/b28-17-/t30-/m1/s1. The molecule has 6 rings (SSSR count). The van der Waals surface area contributed by atoms with Crippen molar-refractivity contribution in [2.45, 2.75) is 25.7 Å². The molecule has 0 saturated heterocycles. The summed E-state index contributed by atoms with van der Waals surface area (Å²) in [6.07, 6.45) is -3.45. The number of rotatable bonds is 7. The van der Waals surface area contributed by atoms with Crippen LogP contribution in [-0.2, 0) is 16.1 Å². The average molecular weight is 674 g/mol. The number of esters is 1. The highest BCUT2D eigenvalue weighted by atomic mass is 35.5. The van der Waals surface area contributed by atoms with Gasteiger partial charge in [0.1, 0.15) is 12.4 Å². The summed E-state index contributed by atoms with van der Waals surface area (Å²) in [6.45, 7) is 1.45. The van der Waals surface area contributed by atoms with Gasteiger partial charge in [-0.15, -0.1) is 0 Å². The Balaban J connectivity index is 1.56. The van der Waals surface area contributed by atoms with E-state index in [4.69, 9.17) is 26.3 Å². The number of nitrogens with zero attached hydrogens (tertiary/aromatic N) is 3. The summed E-state index contributed by atoms with van der Waals surface area (Å²) >= 11 is 6.84. The van der Waals surface area contributed by atoms with Crippen molar-refractivity contribution in [2.24, 2.45) is 4.99 Å². The third-order valence-corrected chi connectivity index (χ3v) is 8.70. The van der Waals surface area contributed by atoms with Crippen molar-refractivity contribution in [1.29, 1.82) is 5.26 Å². The molecule has 0 radical (unpaired) electrons. The minimum absolute atomic E-state index is 0.0777. The molecule has 1 aliphatic heterocycles. The third kappa shape index (κ3) is 6.30. The summed E-state index contributed by atoms with van der Waals surface area (Å²) in [4.78, 5) is 30.9. The summed E-state index contributed by atoms with van der Waals surface area (Å²) in [5, 5.41) is 11.0. The first kappa shape index (κ1) is 31.8. The Kier molecular flexibility index (Phi) is 8.73. The Morgan fingerprint density at radius 3 is 2.47 bits per heavy atom. The molecule has 1 atom stereocenters. The lowest BCUT2D eigenvalue weighted by molar-refractivity contribution is -0.140. The van der Waals surface area contributed by atoms with Crippen molar-refractivity contribution in [1.82, 2.24) is 4.57 Å². The van der Waals surface area contributed by atoms with Crippen LogP contribution in [-0.4, -0.2) is 23.3 Å². The molecule has 0 spiro atoms. The van der Waals surface area contributed by atoms with Gasteiger partial charge >= 0.3 is 12.1 Å². The SMILES string of the molecule is CCOC(=O)C1=C(C(F)(F)F)N=c2s/c(=C\c3c(OCc4ccc(C#N)cc4)ccc4ccccc34)c(=O)n2[C@@H]1c1ccc(Cl)cc1. The first-order valence-corrected chi connectivity index (χ1v) is 15.5. The second kappa shape index (κ2) is 12.9. The van der Waals surface area contributed by atoms with Gasteiger partial charge in [-0.25, -0.2) is 9.79 Å². The molecule has 0 amide bonds. The summed E-state index contributed by atoms with van der Waals surface area (Å²) in [5.41, 5.74) is -0.812. The lowest BCUT2D eigenvalue weighted by Gasteiger charge is -2.26. The molecular formula is C35H23ClF3N3O4S. The molecule has 7 nitrogen and oxygen atoms in total. The summed E-state index contributed by atoms with van der Waals surface area (Å²) in [6, 6.07) is 24.4. The van der Waals surface area contributed by atoms with Gasteiger partial charge in [0.15, 0.2) is 10.5 Å². The van der Waals surface area contributed by atoms with E-state index in [9.17, 15) is 22.8 Å². The molecule has 0 unspecified atom stereocenters. The zero-order valence-electron chi connectivity index (χ0n) is 24.5. The van der Waals surface area contributed by atoms with Crippen LogP contribution in [0.1, 0.15) is 35.2 Å². The highest BCUT2D eigenvalue weighted by Crippen LogP contribution is 2.38. The molecular weight excluding hydrogens is 651 g/mol. The molecule has 236 valence electrons. The van der Waals surface area contributed by atoms with E-state index in [1.54, 1.807) is 36.4 Å². The zero-order chi connectivity index (χ0) is 33.3. The Morgan fingerprint density at radius 1 is 1.06 bits per heavy atom. The molecule has 0 fully saturated rings. The Bertz CT molecular complexity index is 2270. The fourth-order valence-electron chi connectivity index (χ4n) is 5.32. The maximum absolute atomic E-state index is 14.5. The lowest BCUT2D eigenvalue weighted by atomic mass is 9.95. The second-order valence-corrected chi connectivity index (χ2v) is 11.9. The topological polar surface area (TPSA) is 93.7 Å². The van der Waals surface area contributed by atoms with Gasteiger partial charge in [0.05, 0.1) is 34.4 Å². The van der Waals surface area contributed by atoms with Crippen molar-refractivity contribution in [2.75, 3.05) is 6.61 Å². The van der Waals surface area contributed by atoms with E-state index < -0.39 is 35.0 Å². The van der Waals surface area contributed by atoms with Crippen LogP contribution in [0.3, 0.4) is 0 Å². The van der Waals surface area contributed by atoms with Gasteiger partial charge in [-0.1, -0.05) is 77.5 Å². The van der Waals surface area contributed by atoms with Crippen molar-refractivity contribution in [3.05, 3.63) is 143 Å². The number of thiazole rings is 1. The van der Waals surface area contributed by atoms with Gasteiger partial charge in [-0.2, -0.15) is 18.4 Å². The number of carbonyl (C=O) groups excluding carboxylic acids is 1. The number of halogens is 4. The molecule has 5 aromatic rings. The molecule has 4 aromatic carbocycles. The molecule has 1 aliphatic rings. The quantitative estimate of drug-likeness (QED) is 0.182. The van der Waals surface area contributed by atoms with Crippen LogP contribution in [0.4, 0.5) is 13.2 Å². The molecule has 2 heterocycles. The van der Waals surface area contributed by atoms with Crippen LogP contribution in [0.2, 0.25) is 5.02 Å².